The maximum Gasteiger partial charge on any atom is 0.0543 e. The summed E-state index contributed by atoms with van der Waals surface area (Å²) < 4.78 is 0. The van der Waals surface area contributed by atoms with Crippen LogP contribution >= 0.6 is 0 Å². The molecule has 0 amide bonds. The maximum absolute atomic E-state index is 2.47. The van der Waals surface area contributed by atoms with Gasteiger partial charge in [0.25, 0.3) is 0 Å². The summed E-state index contributed by atoms with van der Waals surface area (Å²) in [5.41, 5.74) is 17.8. The standard InChI is InChI=1S/C58H45N/c1-38-22-36-50-49-16-7-5-13-42(49)31-37-51(50)56(38)44-29-34-46(35-30-44)59(55-21-11-20-54-57(55)52-17-8-9-19-53(52)58(54,2)3)45-32-27-40(28-33-45)39-23-25-43(26-24-39)48-18-10-14-41-12-4-6-15-47(41)48/h4-38,56H,1-3H3. The predicted molar refractivity (Wildman–Crippen MR) is 251 cm³/mol. The van der Waals surface area contributed by atoms with Crippen LogP contribution in [0.3, 0.4) is 0 Å². The summed E-state index contributed by atoms with van der Waals surface area (Å²) in [7, 11) is 0. The summed E-state index contributed by atoms with van der Waals surface area (Å²) in [6.07, 6.45) is 4.73. The fourth-order valence-corrected chi connectivity index (χ4v) is 10.2. The van der Waals surface area contributed by atoms with Crippen molar-refractivity contribution in [3.63, 3.8) is 0 Å². The van der Waals surface area contributed by atoms with Crippen molar-refractivity contribution in [1.82, 2.24) is 0 Å². The van der Waals surface area contributed by atoms with Crippen molar-refractivity contribution in [3.8, 4) is 33.4 Å². The molecule has 0 aliphatic heterocycles. The summed E-state index contributed by atoms with van der Waals surface area (Å²) in [5, 5.41) is 5.16. The Kier molecular flexibility index (Phi) is 8.27. The Morgan fingerprint density at radius 3 is 1.78 bits per heavy atom. The molecule has 282 valence electrons. The van der Waals surface area contributed by atoms with Crippen LogP contribution in [0.2, 0.25) is 0 Å². The van der Waals surface area contributed by atoms with Gasteiger partial charge in [0.05, 0.1) is 5.69 Å². The molecule has 59 heavy (non-hydrogen) atoms. The molecule has 0 fully saturated rings. The Bertz CT molecular complexity index is 3070. The minimum Gasteiger partial charge on any atom is -0.310 e. The van der Waals surface area contributed by atoms with E-state index < -0.39 is 0 Å². The second kappa shape index (κ2) is 13.9. The highest BCUT2D eigenvalue weighted by Crippen LogP contribution is 2.54. The first-order valence-corrected chi connectivity index (χ1v) is 21.0. The zero-order valence-electron chi connectivity index (χ0n) is 33.7. The minimum absolute atomic E-state index is 0.0955. The molecule has 9 aromatic carbocycles. The number of anilines is 3. The molecule has 1 nitrogen and oxygen atoms in total. The number of hydrogen-bond acceptors (Lipinski definition) is 1. The van der Waals surface area contributed by atoms with E-state index in [0.717, 1.165) is 11.4 Å². The zero-order valence-corrected chi connectivity index (χ0v) is 33.7. The summed E-state index contributed by atoms with van der Waals surface area (Å²) in [6, 6.07) is 72.0. The number of hydrogen-bond donors (Lipinski definition) is 0. The Labute approximate surface area is 347 Å². The molecule has 0 aromatic heterocycles. The Hall–Kier alpha value is -6.96. The third-order valence-corrected chi connectivity index (χ3v) is 13.2. The molecule has 2 unspecified atom stereocenters. The van der Waals surface area contributed by atoms with E-state index in [4.69, 9.17) is 0 Å². The molecular weight excluding hydrogens is 711 g/mol. The topological polar surface area (TPSA) is 3.24 Å². The van der Waals surface area contributed by atoms with Crippen LogP contribution in [0.1, 0.15) is 54.5 Å². The van der Waals surface area contributed by atoms with E-state index in [9.17, 15) is 0 Å². The smallest absolute Gasteiger partial charge is 0.0543 e. The molecular formula is C58H45N. The first kappa shape index (κ1) is 35.2. The molecule has 0 spiro atoms. The summed E-state index contributed by atoms with van der Waals surface area (Å²) in [4.78, 5) is 2.47. The molecule has 0 bridgehead atoms. The molecule has 2 aliphatic rings. The van der Waals surface area contributed by atoms with Crippen molar-refractivity contribution in [3.05, 3.63) is 228 Å². The average molecular weight is 756 g/mol. The van der Waals surface area contributed by atoms with Crippen molar-refractivity contribution >= 4 is 44.7 Å². The number of allylic oxidation sites excluding steroid dienone is 1. The van der Waals surface area contributed by atoms with Gasteiger partial charge in [-0.25, -0.2) is 0 Å². The van der Waals surface area contributed by atoms with Crippen molar-refractivity contribution in [1.29, 1.82) is 0 Å². The van der Waals surface area contributed by atoms with E-state index in [0.29, 0.717) is 5.92 Å². The summed E-state index contributed by atoms with van der Waals surface area (Å²) >= 11 is 0. The van der Waals surface area contributed by atoms with Gasteiger partial charge in [0, 0.05) is 28.3 Å². The van der Waals surface area contributed by atoms with E-state index in [1.165, 1.54) is 88.4 Å². The van der Waals surface area contributed by atoms with Gasteiger partial charge in [0.1, 0.15) is 0 Å². The minimum atomic E-state index is -0.0955. The lowest BCUT2D eigenvalue weighted by atomic mass is 9.75. The molecule has 0 saturated heterocycles. The summed E-state index contributed by atoms with van der Waals surface area (Å²) in [6.45, 7) is 7.08. The average Bonchev–Trinajstić information content (AvgIpc) is 3.53. The first-order chi connectivity index (χ1) is 28.9. The summed E-state index contributed by atoms with van der Waals surface area (Å²) in [5.74, 6) is 0.664. The van der Waals surface area contributed by atoms with Gasteiger partial charge in [0.15, 0.2) is 0 Å². The number of fused-ring (bicyclic) bond motifs is 7. The van der Waals surface area contributed by atoms with E-state index >= 15 is 0 Å². The maximum atomic E-state index is 2.47. The number of benzene rings is 9. The van der Waals surface area contributed by atoms with Gasteiger partial charge < -0.3 is 4.90 Å². The van der Waals surface area contributed by atoms with Crippen molar-refractivity contribution in [2.45, 2.75) is 32.1 Å². The van der Waals surface area contributed by atoms with Gasteiger partial charge in [-0.15, -0.1) is 0 Å². The molecule has 2 aliphatic carbocycles. The van der Waals surface area contributed by atoms with Crippen LogP contribution in [-0.4, -0.2) is 0 Å². The normalized spacial score (nSPS) is 16.1. The number of nitrogens with zero attached hydrogens (tertiary/aromatic N) is 1. The molecule has 2 atom stereocenters. The van der Waals surface area contributed by atoms with Crippen LogP contribution in [-0.2, 0) is 5.41 Å². The Balaban J connectivity index is 0.995. The van der Waals surface area contributed by atoms with Crippen LogP contribution in [0.15, 0.2) is 200 Å². The Morgan fingerprint density at radius 1 is 0.458 bits per heavy atom. The monoisotopic (exact) mass is 755 g/mol. The molecule has 0 radical (unpaired) electrons. The fourth-order valence-electron chi connectivity index (χ4n) is 10.2. The quantitative estimate of drug-likeness (QED) is 0.163. The lowest BCUT2D eigenvalue weighted by Crippen LogP contribution is -2.16. The van der Waals surface area contributed by atoms with Crippen molar-refractivity contribution in [2.24, 2.45) is 5.92 Å². The third-order valence-electron chi connectivity index (χ3n) is 13.2. The highest BCUT2D eigenvalue weighted by atomic mass is 15.1. The SMILES string of the molecule is CC1C=Cc2c(ccc3ccccc23)C1c1ccc(N(c2ccc(-c3ccc(-c4cccc5ccccc45)cc3)cc2)c2cccc3c2-c2ccccc2C3(C)C)cc1. The molecule has 9 aromatic rings. The van der Waals surface area contributed by atoms with E-state index in [1.54, 1.807) is 0 Å². The highest BCUT2D eigenvalue weighted by Gasteiger charge is 2.37. The highest BCUT2D eigenvalue weighted by molar-refractivity contribution is 5.98. The van der Waals surface area contributed by atoms with Gasteiger partial charge >= 0.3 is 0 Å². The van der Waals surface area contributed by atoms with E-state index in [-0.39, 0.29) is 11.3 Å². The largest absolute Gasteiger partial charge is 0.310 e. The second-order valence-electron chi connectivity index (χ2n) is 16.9. The van der Waals surface area contributed by atoms with E-state index in [1.807, 2.05) is 0 Å². The van der Waals surface area contributed by atoms with Crippen molar-refractivity contribution in [2.75, 3.05) is 4.90 Å². The zero-order chi connectivity index (χ0) is 39.7. The third kappa shape index (κ3) is 5.76. The number of rotatable bonds is 6. The lowest BCUT2D eigenvalue weighted by Gasteiger charge is -2.31. The van der Waals surface area contributed by atoms with Gasteiger partial charge in [-0.3, -0.25) is 0 Å². The molecule has 0 saturated carbocycles. The Morgan fingerprint density at radius 2 is 1.02 bits per heavy atom. The van der Waals surface area contributed by atoms with Crippen LogP contribution in [0.5, 0.6) is 0 Å². The second-order valence-corrected chi connectivity index (χ2v) is 16.9. The predicted octanol–water partition coefficient (Wildman–Crippen LogP) is 15.9. The molecule has 11 rings (SSSR count). The van der Waals surface area contributed by atoms with Crippen LogP contribution in [0.25, 0.3) is 61.0 Å². The molecule has 0 N–H and O–H groups in total. The van der Waals surface area contributed by atoms with Gasteiger partial charge in [0.2, 0.25) is 0 Å². The van der Waals surface area contributed by atoms with Crippen molar-refractivity contribution < 1.29 is 0 Å². The lowest BCUT2D eigenvalue weighted by molar-refractivity contribution is 0.619. The van der Waals surface area contributed by atoms with Crippen LogP contribution in [0.4, 0.5) is 17.1 Å². The molecule has 0 heterocycles. The van der Waals surface area contributed by atoms with Gasteiger partial charge in [-0.1, -0.05) is 197 Å². The first-order valence-electron chi connectivity index (χ1n) is 21.0. The van der Waals surface area contributed by atoms with Gasteiger partial charge in [-0.05, 0) is 113 Å². The van der Waals surface area contributed by atoms with Gasteiger partial charge in [-0.2, -0.15) is 0 Å². The van der Waals surface area contributed by atoms with E-state index in [2.05, 4.69) is 232 Å². The fraction of sp³-hybridized carbons (Fsp3) is 0.103. The van der Waals surface area contributed by atoms with Crippen LogP contribution in [0, 0.1) is 5.92 Å². The van der Waals surface area contributed by atoms with Crippen LogP contribution < -0.4 is 4.90 Å². The molecule has 1 heteroatoms.